The molecule has 0 saturated carbocycles. The zero-order valence-electron chi connectivity index (χ0n) is 7.64. The summed E-state index contributed by atoms with van der Waals surface area (Å²) >= 11 is 0. The molecular formula is C7H16N4O. The lowest BCUT2D eigenvalue weighted by atomic mass is 10.0. The Labute approximate surface area is 72.2 Å². The fraction of sp³-hybridized carbons (Fsp3) is 0.571. The Kier molecular flexibility index (Phi) is 3.56. The number of nitrogens with one attached hydrogen (secondary N) is 2. The second-order valence-corrected chi connectivity index (χ2v) is 3.07. The van der Waals surface area contributed by atoms with Crippen LogP contribution >= 0.6 is 0 Å². The van der Waals surface area contributed by atoms with E-state index in [9.17, 15) is 4.79 Å². The Bertz CT molecular complexity index is 198. The highest BCUT2D eigenvalue weighted by atomic mass is 16.1. The van der Waals surface area contributed by atoms with Gasteiger partial charge < -0.3 is 16.5 Å². The first kappa shape index (κ1) is 10.8. The van der Waals surface area contributed by atoms with Gasteiger partial charge in [-0.2, -0.15) is 0 Å². The summed E-state index contributed by atoms with van der Waals surface area (Å²) < 4.78 is 0. The summed E-state index contributed by atoms with van der Waals surface area (Å²) in [4.78, 5) is 10.7. The third-order valence-corrected chi connectivity index (χ3v) is 1.45. The molecule has 0 fully saturated rings. The molecule has 0 rings (SSSR count). The predicted octanol–water partition coefficient (Wildman–Crippen LogP) is -0.835. The molecule has 0 radical (unpaired) electrons. The fourth-order valence-corrected chi connectivity index (χ4v) is 0.782. The molecule has 0 spiro atoms. The zero-order valence-corrected chi connectivity index (χ0v) is 7.64. The van der Waals surface area contributed by atoms with Gasteiger partial charge in [-0.25, -0.2) is 0 Å². The van der Waals surface area contributed by atoms with Crippen molar-refractivity contribution in [1.29, 1.82) is 0 Å². The largest absolute Gasteiger partial charge is 0.399 e. The molecular weight excluding hydrogens is 156 g/mol. The normalized spacial score (nSPS) is 12.5. The van der Waals surface area contributed by atoms with Crippen molar-refractivity contribution in [2.75, 3.05) is 0 Å². The quantitative estimate of drug-likeness (QED) is 0.330. The van der Waals surface area contributed by atoms with Gasteiger partial charge >= 0.3 is 0 Å². The molecule has 0 bridgehead atoms. The second-order valence-electron chi connectivity index (χ2n) is 3.07. The molecule has 0 saturated heterocycles. The highest BCUT2D eigenvalue weighted by Gasteiger charge is 2.21. The number of amides is 1. The number of hydrogen-bond acceptors (Lipinski definition) is 4. The van der Waals surface area contributed by atoms with Crippen LogP contribution in [0.2, 0.25) is 0 Å². The lowest BCUT2D eigenvalue weighted by Crippen LogP contribution is -2.47. The summed E-state index contributed by atoms with van der Waals surface area (Å²) in [7, 11) is 0. The van der Waals surface area contributed by atoms with E-state index in [2.05, 4.69) is 10.7 Å². The van der Waals surface area contributed by atoms with E-state index in [1.54, 1.807) is 13.8 Å². The second kappa shape index (κ2) is 3.96. The van der Waals surface area contributed by atoms with Crippen molar-refractivity contribution in [2.45, 2.75) is 26.3 Å². The Morgan fingerprint density at radius 3 is 2.33 bits per heavy atom. The average molecular weight is 172 g/mol. The standard InChI is InChI=1S/C7H16N4O/c1-5(12)11-7(2,3)6(8)4-10-9/h4,10H,8-9H2,1-3H3,(H,11,12)/b6-4-. The first-order valence-corrected chi connectivity index (χ1v) is 3.61. The topological polar surface area (TPSA) is 93.2 Å². The van der Waals surface area contributed by atoms with Crippen LogP contribution in [0.4, 0.5) is 0 Å². The van der Waals surface area contributed by atoms with Gasteiger partial charge in [0.15, 0.2) is 0 Å². The molecule has 0 aromatic heterocycles. The van der Waals surface area contributed by atoms with Crippen LogP contribution in [-0.4, -0.2) is 11.4 Å². The van der Waals surface area contributed by atoms with Gasteiger partial charge in [-0.1, -0.05) is 0 Å². The molecule has 0 atom stereocenters. The number of rotatable bonds is 3. The SMILES string of the molecule is CC(=O)NC(C)(C)/C(N)=C/NN. The van der Waals surface area contributed by atoms with Crippen LogP contribution in [0.5, 0.6) is 0 Å². The van der Waals surface area contributed by atoms with Crippen molar-refractivity contribution < 1.29 is 4.79 Å². The van der Waals surface area contributed by atoms with E-state index >= 15 is 0 Å². The van der Waals surface area contributed by atoms with Gasteiger partial charge in [0.2, 0.25) is 5.91 Å². The summed E-state index contributed by atoms with van der Waals surface area (Å²) in [6, 6.07) is 0. The molecule has 0 aliphatic carbocycles. The van der Waals surface area contributed by atoms with Crippen LogP contribution < -0.4 is 22.3 Å². The first-order valence-electron chi connectivity index (χ1n) is 3.61. The maximum absolute atomic E-state index is 10.7. The van der Waals surface area contributed by atoms with Crippen LogP contribution in [0.25, 0.3) is 0 Å². The van der Waals surface area contributed by atoms with Gasteiger partial charge in [-0.3, -0.25) is 10.6 Å². The maximum Gasteiger partial charge on any atom is 0.217 e. The molecule has 0 aromatic carbocycles. The third kappa shape index (κ3) is 3.25. The van der Waals surface area contributed by atoms with Gasteiger partial charge in [0, 0.05) is 13.1 Å². The summed E-state index contributed by atoms with van der Waals surface area (Å²) in [6.45, 7) is 5.01. The van der Waals surface area contributed by atoms with E-state index in [0.717, 1.165) is 0 Å². The number of hydrogen-bond donors (Lipinski definition) is 4. The minimum atomic E-state index is -0.571. The van der Waals surface area contributed by atoms with Gasteiger partial charge in [0.05, 0.1) is 11.2 Å². The smallest absolute Gasteiger partial charge is 0.217 e. The van der Waals surface area contributed by atoms with Crippen molar-refractivity contribution >= 4 is 5.91 Å². The van der Waals surface area contributed by atoms with Crippen molar-refractivity contribution in [3.05, 3.63) is 11.9 Å². The van der Waals surface area contributed by atoms with Gasteiger partial charge in [0.1, 0.15) is 0 Å². The van der Waals surface area contributed by atoms with Crippen molar-refractivity contribution in [2.24, 2.45) is 11.6 Å². The third-order valence-electron chi connectivity index (χ3n) is 1.45. The molecule has 0 unspecified atom stereocenters. The molecule has 12 heavy (non-hydrogen) atoms. The van der Waals surface area contributed by atoms with Gasteiger partial charge in [-0.05, 0) is 13.8 Å². The molecule has 1 amide bonds. The Balaban J connectivity index is 4.38. The highest BCUT2D eigenvalue weighted by molar-refractivity contribution is 5.74. The van der Waals surface area contributed by atoms with Crippen LogP contribution in [0.3, 0.4) is 0 Å². The number of hydrazine groups is 1. The first-order chi connectivity index (χ1) is 5.40. The molecule has 5 heteroatoms. The lowest BCUT2D eigenvalue weighted by molar-refractivity contribution is -0.120. The zero-order chi connectivity index (χ0) is 9.78. The fourth-order valence-electron chi connectivity index (χ4n) is 0.782. The average Bonchev–Trinajstić information content (AvgIpc) is 1.85. The minimum absolute atomic E-state index is 0.131. The number of carbonyl (C=O) groups excluding carboxylic acids is 1. The van der Waals surface area contributed by atoms with Crippen molar-refractivity contribution in [3.8, 4) is 0 Å². The van der Waals surface area contributed by atoms with E-state index < -0.39 is 5.54 Å². The Morgan fingerprint density at radius 2 is 2.00 bits per heavy atom. The van der Waals surface area contributed by atoms with Crippen molar-refractivity contribution in [1.82, 2.24) is 10.7 Å². The van der Waals surface area contributed by atoms with Crippen LogP contribution in [0.15, 0.2) is 11.9 Å². The van der Waals surface area contributed by atoms with Crippen LogP contribution in [0.1, 0.15) is 20.8 Å². The molecule has 0 aromatic rings. The summed E-state index contributed by atoms with van der Waals surface area (Å²) in [5, 5.41) is 2.68. The number of carbonyl (C=O) groups is 1. The van der Waals surface area contributed by atoms with Crippen LogP contribution in [-0.2, 0) is 4.79 Å². The van der Waals surface area contributed by atoms with E-state index in [4.69, 9.17) is 11.6 Å². The summed E-state index contributed by atoms with van der Waals surface area (Å²) in [5.74, 6) is 4.91. The molecule has 0 aliphatic heterocycles. The lowest BCUT2D eigenvalue weighted by Gasteiger charge is -2.25. The Hall–Kier alpha value is -1.23. The minimum Gasteiger partial charge on any atom is -0.399 e. The van der Waals surface area contributed by atoms with Crippen molar-refractivity contribution in [3.63, 3.8) is 0 Å². The number of nitrogens with two attached hydrogens (primary N) is 2. The van der Waals surface area contributed by atoms with Crippen LogP contribution in [0, 0.1) is 0 Å². The molecule has 0 heterocycles. The summed E-state index contributed by atoms with van der Waals surface area (Å²) in [6.07, 6.45) is 1.44. The Morgan fingerprint density at radius 1 is 1.50 bits per heavy atom. The monoisotopic (exact) mass is 172 g/mol. The molecule has 6 N–H and O–H groups in total. The van der Waals surface area contributed by atoms with E-state index in [-0.39, 0.29) is 5.91 Å². The molecule has 0 aliphatic rings. The van der Waals surface area contributed by atoms with Gasteiger partial charge in [-0.15, -0.1) is 0 Å². The molecule has 70 valence electrons. The predicted molar refractivity (Wildman–Crippen MR) is 47.5 cm³/mol. The summed E-state index contributed by atoms with van der Waals surface area (Å²) in [5.41, 5.74) is 7.82. The highest BCUT2D eigenvalue weighted by Crippen LogP contribution is 2.08. The maximum atomic E-state index is 10.7. The van der Waals surface area contributed by atoms with E-state index in [1.807, 2.05) is 0 Å². The van der Waals surface area contributed by atoms with Gasteiger partial charge in [0.25, 0.3) is 0 Å². The molecule has 5 nitrogen and oxygen atoms in total. The van der Waals surface area contributed by atoms with E-state index in [0.29, 0.717) is 5.70 Å². The van der Waals surface area contributed by atoms with E-state index in [1.165, 1.54) is 13.1 Å².